The topological polar surface area (TPSA) is 65.5 Å². The van der Waals surface area contributed by atoms with E-state index in [1.54, 1.807) is 30.5 Å². The maximum Gasteiger partial charge on any atom is 0.254 e. The largest absolute Gasteiger partial charge is 0.508 e. The number of phenolic OH excluding ortho intramolecular Hbond substituents is 1. The Labute approximate surface area is 200 Å². The Kier molecular flexibility index (Phi) is 7.05. The predicted molar refractivity (Wildman–Crippen MR) is 132 cm³/mol. The SMILES string of the molecule is O=C(NCCc1ccccc1Cl)c1cc(N2C=CSC(c3cccc(O)c3)=C2)cnc1Cl. The number of carbonyl (C=O) groups excluding carboxylic acids is 1. The minimum Gasteiger partial charge on any atom is -0.508 e. The summed E-state index contributed by atoms with van der Waals surface area (Å²) in [5.41, 5.74) is 2.85. The Morgan fingerprint density at radius 2 is 1.97 bits per heavy atom. The van der Waals surface area contributed by atoms with E-state index in [2.05, 4.69) is 10.3 Å². The summed E-state index contributed by atoms with van der Waals surface area (Å²) in [6.45, 7) is 0.422. The number of hydrogen-bond donors (Lipinski definition) is 2. The van der Waals surface area contributed by atoms with Gasteiger partial charge >= 0.3 is 0 Å². The van der Waals surface area contributed by atoms with Gasteiger partial charge < -0.3 is 15.3 Å². The number of thioether (sulfide) groups is 1. The summed E-state index contributed by atoms with van der Waals surface area (Å²) in [4.78, 5) is 19.8. The van der Waals surface area contributed by atoms with Crippen molar-refractivity contribution in [2.24, 2.45) is 0 Å². The van der Waals surface area contributed by atoms with E-state index in [1.165, 1.54) is 11.8 Å². The van der Waals surface area contributed by atoms with Gasteiger partial charge in [0.05, 0.1) is 17.4 Å². The third-order valence-corrected chi connectivity index (χ3v) is 6.33. The first-order valence-electron chi connectivity index (χ1n) is 9.81. The van der Waals surface area contributed by atoms with E-state index in [0.717, 1.165) is 16.0 Å². The number of rotatable bonds is 6. The van der Waals surface area contributed by atoms with Crippen LogP contribution < -0.4 is 10.2 Å². The van der Waals surface area contributed by atoms with Crippen LogP contribution in [-0.4, -0.2) is 22.5 Å². The predicted octanol–water partition coefficient (Wildman–Crippen LogP) is 6.09. The van der Waals surface area contributed by atoms with Gasteiger partial charge in [-0.05, 0) is 47.2 Å². The average Bonchev–Trinajstić information content (AvgIpc) is 2.80. The summed E-state index contributed by atoms with van der Waals surface area (Å²) in [6, 6.07) is 16.3. The van der Waals surface area contributed by atoms with Crippen LogP contribution in [0, 0.1) is 0 Å². The van der Waals surface area contributed by atoms with Crippen molar-refractivity contribution in [3.8, 4) is 5.75 Å². The summed E-state index contributed by atoms with van der Waals surface area (Å²) in [5.74, 6) is -0.0991. The molecule has 2 N–H and O–H groups in total. The van der Waals surface area contributed by atoms with Gasteiger partial charge in [0.1, 0.15) is 10.9 Å². The second kappa shape index (κ2) is 10.1. The molecule has 0 spiro atoms. The number of hydrogen-bond acceptors (Lipinski definition) is 5. The van der Waals surface area contributed by atoms with Crippen LogP contribution in [0.15, 0.2) is 78.6 Å². The number of pyridine rings is 1. The van der Waals surface area contributed by atoms with Gasteiger partial charge in [0, 0.05) is 28.9 Å². The van der Waals surface area contributed by atoms with Crippen LogP contribution >= 0.6 is 35.0 Å². The number of aromatic nitrogens is 1. The molecular formula is C24H19Cl2N3O2S. The van der Waals surface area contributed by atoms with Gasteiger partial charge in [-0.2, -0.15) is 0 Å². The number of nitrogens with one attached hydrogen (secondary N) is 1. The number of amides is 1. The number of halogens is 2. The molecule has 0 bridgehead atoms. The summed E-state index contributed by atoms with van der Waals surface area (Å²) in [7, 11) is 0. The Morgan fingerprint density at radius 3 is 2.78 bits per heavy atom. The molecule has 0 atom stereocenters. The first kappa shape index (κ1) is 22.3. The molecule has 1 amide bonds. The third kappa shape index (κ3) is 5.27. The fourth-order valence-electron chi connectivity index (χ4n) is 3.18. The molecule has 3 aromatic rings. The van der Waals surface area contributed by atoms with Crippen LogP contribution in [0.1, 0.15) is 21.5 Å². The molecule has 1 aliphatic heterocycles. The normalized spacial score (nSPS) is 13.1. The molecule has 0 radical (unpaired) electrons. The quantitative estimate of drug-likeness (QED) is 0.415. The smallest absolute Gasteiger partial charge is 0.254 e. The molecule has 0 fully saturated rings. The molecule has 2 aromatic carbocycles. The van der Waals surface area contributed by atoms with E-state index < -0.39 is 0 Å². The van der Waals surface area contributed by atoms with E-state index in [4.69, 9.17) is 23.2 Å². The molecule has 1 aliphatic rings. The van der Waals surface area contributed by atoms with Crippen LogP contribution in [0.3, 0.4) is 0 Å². The molecule has 5 nitrogen and oxygen atoms in total. The standard InChI is InChI=1S/C24H19Cl2N3O2S/c25-21-7-2-1-4-16(21)8-9-27-24(31)20-13-18(14-28-23(20)26)29-10-11-32-22(15-29)17-5-3-6-19(30)12-17/h1-7,10-15,30H,8-9H2,(H,27,31). The highest BCUT2D eigenvalue weighted by Gasteiger charge is 2.16. The number of carbonyl (C=O) groups is 1. The third-order valence-electron chi connectivity index (χ3n) is 4.81. The average molecular weight is 484 g/mol. The molecule has 32 heavy (non-hydrogen) atoms. The number of nitrogens with zero attached hydrogens (tertiary/aromatic N) is 2. The summed E-state index contributed by atoms with van der Waals surface area (Å²) >= 11 is 13.9. The van der Waals surface area contributed by atoms with E-state index in [-0.39, 0.29) is 16.8 Å². The number of aromatic hydroxyl groups is 1. The highest BCUT2D eigenvalue weighted by atomic mass is 35.5. The fraction of sp³-hybridized carbons (Fsp3) is 0.0833. The molecule has 8 heteroatoms. The van der Waals surface area contributed by atoms with Crippen molar-refractivity contribution < 1.29 is 9.90 Å². The van der Waals surface area contributed by atoms with E-state index in [1.807, 2.05) is 53.0 Å². The van der Waals surface area contributed by atoms with Crippen molar-refractivity contribution in [2.45, 2.75) is 6.42 Å². The van der Waals surface area contributed by atoms with Gasteiger partial charge in [-0.3, -0.25) is 4.79 Å². The lowest BCUT2D eigenvalue weighted by Gasteiger charge is -2.22. The Balaban J connectivity index is 1.49. The zero-order chi connectivity index (χ0) is 22.5. The van der Waals surface area contributed by atoms with Crippen LogP contribution in [0.2, 0.25) is 10.2 Å². The first-order valence-corrected chi connectivity index (χ1v) is 11.4. The van der Waals surface area contributed by atoms with E-state index >= 15 is 0 Å². The van der Waals surface area contributed by atoms with Crippen molar-refractivity contribution >= 4 is 51.5 Å². The molecule has 0 aliphatic carbocycles. The van der Waals surface area contributed by atoms with Crippen molar-refractivity contribution in [1.82, 2.24) is 10.3 Å². The molecule has 4 rings (SSSR count). The highest BCUT2D eigenvalue weighted by Crippen LogP contribution is 2.35. The maximum atomic E-state index is 12.7. The second-order valence-corrected chi connectivity index (χ2v) is 8.70. The first-order chi connectivity index (χ1) is 15.5. The summed E-state index contributed by atoms with van der Waals surface area (Å²) in [6.07, 6.45) is 6.02. The Hall–Kier alpha value is -2.93. The number of benzene rings is 2. The zero-order valence-electron chi connectivity index (χ0n) is 16.8. The van der Waals surface area contributed by atoms with Crippen LogP contribution in [0.25, 0.3) is 4.91 Å². The maximum absolute atomic E-state index is 12.7. The van der Waals surface area contributed by atoms with Crippen molar-refractivity contribution in [1.29, 1.82) is 0 Å². The Morgan fingerprint density at radius 1 is 1.12 bits per heavy atom. The molecule has 162 valence electrons. The van der Waals surface area contributed by atoms with Gasteiger partial charge in [0.15, 0.2) is 0 Å². The lowest BCUT2D eigenvalue weighted by Crippen LogP contribution is -2.26. The number of phenols is 1. The minimum absolute atomic E-state index is 0.136. The molecule has 0 saturated heterocycles. The highest BCUT2D eigenvalue weighted by molar-refractivity contribution is 8.11. The second-order valence-electron chi connectivity index (χ2n) is 6.98. The van der Waals surface area contributed by atoms with Gasteiger partial charge in [0.2, 0.25) is 0 Å². The van der Waals surface area contributed by atoms with Gasteiger partial charge in [-0.15, -0.1) is 0 Å². The van der Waals surface area contributed by atoms with E-state index in [0.29, 0.717) is 29.2 Å². The lowest BCUT2D eigenvalue weighted by atomic mass is 10.1. The molecule has 1 aromatic heterocycles. The molecule has 2 heterocycles. The molecular weight excluding hydrogens is 465 g/mol. The Bertz CT molecular complexity index is 1210. The van der Waals surface area contributed by atoms with Crippen molar-refractivity contribution in [2.75, 3.05) is 11.4 Å². The van der Waals surface area contributed by atoms with Crippen LogP contribution in [-0.2, 0) is 6.42 Å². The van der Waals surface area contributed by atoms with Crippen LogP contribution in [0.5, 0.6) is 5.75 Å². The van der Waals surface area contributed by atoms with Gasteiger partial charge in [-0.25, -0.2) is 4.98 Å². The zero-order valence-corrected chi connectivity index (χ0v) is 19.2. The molecule has 0 unspecified atom stereocenters. The monoisotopic (exact) mass is 483 g/mol. The van der Waals surface area contributed by atoms with Crippen molar-refractivity contribution in [3.63, 3.8) is 0 Å². The van der Waals surface area contributed by atoms with E-state index in [9.17, 15) is 9.90 Å². The lowest BCUT2D eigenvalue weighted by molar-refractivity contribution is 0.0954. The van der Waals surface area contributed by atoms with Gasteiger partial charge in [0.25, 0.3) is 5.91 Å². The van der Waals surface area contributed by atoms with Crippen LogP contribution in [0.4, 0.5) is 5.69 Å². The van der Waals surface area contributed by atoms with Gasteiger partial charge in [-0.1, -0.05) is 65.3 Å². The number of anilines is 1. The fourth-order valence-corrected chi connectivity index (χ4v) is 4.37. The summed E-state index contributed by atoms with van der Waals surface area (Å²) < 4.78 is 0. The molecule has 0 saturated carbocycles. The van der Waals surface area contributed by atoms with Crippen molar-refractivity contribution in [3.05, 3.63) is 105 Å². The minimum atomic E-state index is -0.302. The summed E-state index contributed by atoms with van der Waals surface area (Å²) in [5, 5.41) is 15.4.